The topological polar surface area (TPSA) is 84.9 Å². The fourth-order valence-corrected chi connectivity index (χ4v) is 2.15. The molecule has 1 aromatic rings. The molecule has 0 aliphatic heterocycles. The summed E-state index contributed by atoms with van der Waals surface area (Å²) in [7, 11) is 0. The van der Waals surface area contributed by atoms with E-state index in [1.165, 1.54) is 6.07 Å². The van der Waals surface area contributed by atoms with E-state index in [-0.39, 0.29) is 25.0 Å². The number of benzene rings is 1. The number of amides is 1. The van der Waals surface area contributed by atoms with E-state index < -0.39 is 30.3 Å². The highest BCUT2D eigenvalue weighted by Crippen LogP contribution is 2.23. The molecule has 0 bridgehead atoms. The average molecular weight is 359 g/mol. The number of carbonyl (C=O) groups is 2. The lowest BCUT2D eigenvalue weighted by Gasteiger charge is -2.24. The summed E-state index contributed by atoms with van der Waals surface area (Å²) in [6.07, 6.45) is -0.624. The Morgan fingerprint density at radius 1 is 1.24 bits per heavy atom. The van der Waals surface area contributed by atoms with Gasteiger partial charge in [0.2, 0.25) is 0 Å². The Morgan fingerprint density at radius 2 is 1.88 bits per heavy atom. The summed E-state index contributed by atoms with van der Waals surface area (Å²) < 4.78 is 34.6. The van der Waals surface area contributed by atoms with Gasteiger partial charge in [0, 0.05) is 12.5 Å². The number of carboxylic acid groups (broad SMARTS) is 1. The molecule has 0 fully saturated rings. The van der Waals surface area contributed by atoms with Crippen LogP contribution in [-0.4, -0.2) is 35.4 Å². The van der Waals surface area contributed by atoms with Gasteiger partial charge in [0.15, 0.2) is 0 Å². The highest BCUT2D eigenvalue weighted by molar-refractivity contribution is 5.69. The van der Waals surface area contributed by atoms with Crippen LogP contribution in [-0.2, 0) is 16.0 Å². The van der Waals surface area contributed by atoms with E-state index in [1.54, 1.807) is 39.0 Å². The van der Waals surface area contributed by atoms with Crippen molar-refractivity contribution >= 4 is 12.1 Å². The molecule has 140 valence electrons. The second-order valence-electron chi connectivity index (χ2n) is 6.47. The number of alkyl halides is 2. The van der Waals surface area contributed by atoms with Gasteiger partial charge in [-0.1, -0.05) is 18.2 Å². The van der Waals surface area contributed by atoms with Crippen LogP contribution in [0.4, 0.5) is 13.6 Å². The third-order valence-corrected chi connectivity index (χ3v) is 3.08. The average Bonchev–Trinajstić information content (AvgIpc) is 2.44. The first-order valence-corrected chi connectivity index (χ1v) is 7.81. The number of nitrogens with one attached hydrogen (secondary N) is 1. The van der Waals surface area contributed by atoms with Crippen LogP contribution in [0.1, 0.15) is 39.2 Å². The lowest BCUT2D eigenvalue weighted by molar-refractivity contribution is -0.137. The molecule has 0 aromatic heterocycles. The van der Waals surface area contributed by atoms with Crippen LogP contribution < -0.4 is 10.1 Å². The minimum absolute atomic E-state index is 0.0104. The minimum atomic E-state index is -2.97. The molecular formula is C17H23F2NO5. The van der Waals surface area contributed by atoms with Crippen molar-refractivity contribution in [3.05, 3.63) is 29.8 Å². The summed E-state index contributed by atoms with van der Waals surface area (Å²) in [5.74, 6) is -1.03. The number of carbonyl (C=O) groups excluding carboxylic acids is 1. The highest BCUT2D eigenvalue weighted by atomic mass is 19.3. The number of ether oxygens (including phenoxy) is 2. The predicted octanol–water partition coefficient (Wildman–Crippen LogP) is 3.59. The molecule has 1 unspecified atom stereocenters. The van der Waals surface area contributed by atoms with Crippen LogP contribution in [0.2, 0.25) is 0 Å². The smallest absolute Gasteiger partial charge is 0.407 e. The zero-order valence-electron chi connectivity index (χ0n) is 14.4. The molecule has 0 aliphatic rings. The van der Waals surface area contributed by atoms with Crippen molar-refractivity contribution in [2.75, 3.05) is 0 Å². The normalized spacial score (nSPS) is 12.6. The van der Waals surface area contributed by atoms with Crippen molar-refractivity contribution in [1.29, 1.82) is 0 Å². The van der Waals surface area contributed by atoms with E-state index in [1.807, 2.05) is 0 Å². The maximum absolute atomic E-state index is 12.5. The van der Waals surface area contributed by atoms with E-state index in [2.05, 4.69) is 10.1 Å². The van der Waals surface area contributed by atoms with Gasteiger partial charge < -0.3 is 19.9 Å². The summed E-state index contributed by atoms with van der Waals surface area (Å²) in [6, 6.07) is 5.57. The Labute approximate surface area is 145 Å². The zero-order valence-corrected chi connectivity index (χ0v) is 14.4. The van der Waals surface area contributed by atoms with Crippen LogP contribution in [0.3, 0.4) is 0 Å². The van der Waals surface area contributed by atoms with Gasteiger partial charge in [-0.15, -0.1) is 0 Å². The molecule has 1 aromatic carbocycles. The SMILES string of the molecule is CC(C)(C)OC(=O)NC(CCC(=O)O)Cc1ccccc1OC(F)F. The number of para-hydroxylation sites is 1. The van der Waals surface area contributed by atoms with Crippen LogP contribution in [0, 0.1) is 0 Å². The van der Waals surface area contributed by atoms with Gasteiger partial charge in [0.1, 0.15) is 11.4 Å². The Balaban J connectivity index is 2.86. The number of halogens is 2. The third kappa shape index (κ3) is 8.88. The number of hydrogen-bond acceptors (Lipinski definition) is 4. The first-order valence-electron chi connectivity index (χ1n) is 7.81. The monoisotopic (exact) mass is 359 g/mol. The lowest BCUT2D eigenvalue weighted by Crippen LogP contribution is -2.40. The van der Waals surface area contributed by atoms with Gasteiger partial charge in [0.05, 0.1) is 0 Å². The van der Waals surface area contributed by atoms with E-state index in [9.17, 15) is 18.4 Å². The van der Waals surface area contributed by atoms with E-state index in [4.69, 9.17) is 9.84 Å². The number of hydrogen-bond donors (Lipinski definition) is 2. The van der Waals surface area contributed by atoms with Gasteiger partial charge in [-0.2, -0.15) is 8.78 Å². The molecule has 0 aliphatic carbocycles. The van der Waals surface area contributed by atoms with Crippen LogP contribution >= 0.6 is 0 Å². The third-order valence-electron chi connectivity index (χ3n) is 3.08. The molecule has 1 rings (SSSR count). The Kier molecular flexibility index (Phi) is 7.60. The maximum Gasteiger partial charge on any atom is 0.407 e. The number of aliphatic carboxylic acids is 1. The van der Waals surface area contributed by atoms with Crippen LogP contribution in [0.15, 0.2) is 24.3 Å². The Morgan fingerprint density at radius 3 is 2.44 bits per heavy atom. The number of carboxylic acids is 1. The fourth-order valence-electron chi connectivity index (χ4n) is 2.15. The molecule has 6 nitrogen and oxygen atoms in total. The molecule has 0 saturated heterocycles. The van der Waals surface area contributed by atoms with Crippen molar-refractivity contribution in [2.24, 2.45) is 0 Å². The second kappa shape index (κ2) is 9.19. The quantitative estimate of drug-likeness (QED) is 0.741. The minimum Gasteiger partial charge on any atom is -0.481 e. The largest absolute Gasteiger partial charge is 0.481 e. The molecule has 0 radical (unpaired) electrons. The molecule has 8 heteroatoms. The predicted molar refractivity (Wildman–Crippen MR) is 86.8 cm³/mol. The molecule has 0 spiro atoms. The van der Waals surface area contributed by atoms with Crippen LogP contribution in [0.5, 0.6) is 5.75 Å². The summed E-state index contributed by atoms with van der Waals surface area (Å²) in [5, 5.41) is 11.4. The molecule has 25 heavy (non-hydrogen) atoms. The molecule has 1 atom stereocenters. The lowest BCUT2D eigenvalue weighted by atomic mass is 10.0. The van der Waals surface area contributed by atoms with Crippen molar-refractivity contribution in [1.82, 2.24) is 5.32 Å². The van der Waals surface area contributed by atoms with Gasteiger partial charge in [0.25, 0.3) is 0 Å². The standard InChI is InChI=1S/C17H23F2NO5/c1-17(2,3)25-16(23)20-12(8-9-14(21)22)10-11-6-4-5-7-13(11)24-15(18)19/h4-7,12,15H,8-10H2,1-3H3,(H,20,23)(H,21,22). The number of alkyl carbamates (subject to hydrolysis) is 1. The molecule has 2 N–H and O–H groups in total. The van der Waals surface area contributed by atoms with E-state index in [0.29, 0.717) is 5.56 Å². The fraction of sp³-hybridized carbons (Fsp3) is 0.529. The number of rotatable bonds is 8. The Bertz CT molecular complexity index is 587. The second-order valence-corrected chi connectivity index (χ2v) is 6.47. The molecule has 0 heterocycles. The first kappa shape index (κ1) is 20.7. The van der Waals surface area contributed by atoms with E-state index >= 15 is 0 Å². The van der Waals surface area contributed by atoms with Crippen molar-refractivity contribution in [3.63, 3.8) is 0 Å². The summed E-state index contributed by atoms with van der Waals surface area (Å²) in [4.78, 5) is 22.8. The highest BCUT2D eigenvalue weighted by Gasteiger charge is 2.21. The van der Waals surface area contributed by atoms with Crippen molar-refractivity contribution in [3.8, 4) is 5.75 Å². The van der Waals surface area contributed by atoms with Gasteiger partial charge >= 0.3 is 18.7 Å². The summed E-state index contributed by atoms with van der Waals surface area (Å²) >= 11 is 0. The molecule has 1 amide bonds. The van der Waals surface area contributed by atoms with Gasteiger partial charge in [-0.3, -0.25) is 4.79 Å². The van der Waals surface area contributed by atoms with Gasteiger partial charge in [-0.05, 0) is 45.2 Å². The summed E-state index contributed by atoms with van der Waals surface area (Å²) in [6.45, 7) is 2.12. The molecule has 0 saturated carbocycles. The summed E-state index contributed by atoms with van der Waals surface area (Å²) in [5.41, 5.74) is -0.271. The first-order chi connectivity index (χ1) is 11.6. The van der Waals surface area contributed by atoms with Crippen molar-refractivity contribution < 1.29 is 33.0 Å². The molecular weight excluding hydrogens is 336 g/mol. The zero-order chi connectivity index (χ0) is 19.0. The van der Waals surface area contributed by atoms with Crippen molar-refractivity contribution in [2.45, 2.75) is 58.3 Å². The Hall–Kier alpha value is -2.38. The van der Waals surface area contributed by atoms with Gasteiger partial charge in [-0.25, -0.2) is 4.79 Å². The van der Waals surface area contributed by atoms with Crippen LogP contribution in [0.25, 0.3) is 0 Å². The maximum atomic E-state index is 12.5. The van der Waals surface area contributed by atoms with E-state index in [0.717, 1.165) is 0 Å².